The SMILES string of the molecule is Cc1nc(-c2cnn(C)c2)sc1C(=O)N(Cc1c(F)cccc1Cl)C1CC1. The van der Waals surface area contributed by atoms with Crippen LogP contribution >= 0.6 is 22.9 Å². The first kappa shape index (κ1) is 18.1. The highest BCUT2D eigenvalue weighted by Gasteiger charge is 2.35. The molecule has 27 heavy (non-hydrogen) atoms. The average Bonchev–Trinajstić information content (AvgIpc) is 3.25. The number of carbonyl (C=O) groups excluding carboxylic acids is 1. The van der Waals surface area contributed by atoms with Crippen LogP contribution in [0.1, 0.15) is 33.8 Å². The molecule has 0 bridgehead atoms. The minimum Gasteiger partial charge on any atom is -0.330 e. The van der Waals surface area contributed by atoms with E-state index in [4.69, 9.17) is 11.6 Å². The molecule has 1 aliphatic carbocycles. The number of hydrogen-bond donors (Lipinski definition) is 0. The van der Waals surface area contributed by atoms with Crippen LogP contribution in [0.25, 0.3) is 10.6 Å². The second kappa shape index (κ2) is 7.05. The molecule has 0 unspecified atom stereocenters. The minimum atomic E-state index is -0.391. The Bertz CT molecular complexity index is 991. The molecule has 2 aromatic heterocycles. The molecular formula is C19H18ClFN4OS. The van der Waals surface area contributed by atoms with Gasteiger partial charge in [0.15, 0.2) is 0 Å². The van der Waals surface area contributed by atoms with Gasteiger partial charge in [-0.25, -0.2) is 9.37 Å². The van der Waals surface area contributed by atoms with E-state index < -0.39 is 5.82 Å². The van der Waals surface area contributed by atoms with Crippen LogP contribution < -0.4 is 0 Å². The molecule has 0 aliphatic heterocycles. The van der Waals surface area contributed by atoms with E-state index in [9.17, 15) is 9.18 Å². The highest BCUT2D eigenvalue weighted by molar-refractivity contribution is 7.17. The summed E-state index contributed by atoms with van der Waals surface area (Å²) in [6, 6.07) is 4.71. The molecule has 1 aliphatic rings. The summed E-state index contributed by atoms with van der Waals surface area (Å²) in [6.07, 6.45) is 5.44. The lowest BCUT2D eigenvalue weighted by molar-refractivity contribution is 0.0732. The Morgan fingerprint density at radius 1 is 1.44 bits per heavy atom. The first-order valence-corrected chi connectivity index (χ1v) is 9.84. The van der Waals surface area contributed by atoms with E-state index in [2.05, 4.69) is 10.1 Å². The van der Waals surface area contributed by atoms with Crippen molar-refractivity contribution in [3.63, 3.8) is 0 Å². The van der Waals surface area contributed by atoms with Crippen LogP contribution in [0.5, 0.6) is 0 Å². The number of hydrogen-bond acceptors (Lipinski definition) is 4. The predicted octanol–water partition coefficient (Wildman–Crippen LogP) is 4.45. The number of amides is 1. The maximum atomic E-state index is 14.2. The molecule has 1 fully saturated rings. The van der Waals surface area contributed by atoms with Gasteiger partial charge in [-0.1, -0.05) is 17.7 Å². The van der Waals surface area contributed by atoms with Crippen molar-refractivity contribution < 1.29 is 9.18 Å². The van der Waals surface area contributed by atoms with Crippen LogP contribution in [0.3, 0.4) is 0 Å². The number of aryl methyl sites for hydroxylation is 2. The van der Waals surface area contributed by atoms with Crippen LogP contribution in [-0.2, 0) is 13.6 Å². The van der Waals surface area contributed by atoms with Crippen molar-refractivity contribution >= 4 is 28.8 Å². The van der Waals surface area contributed by atoms with Gasteiger partial charge >= 0.3 is 0 Å². The fourth-order valence-corrected chi connectivity index (χ4v) is 4.21. The minimum absolute atomic E-state index is 0.122. The van der Waals surface area contributed by atoms with Gasteiger partial charge < -0.3 is 4.90 Å². The predicted molar refractivity (Wildman–Crippen MR) is 103 cm³/mol. The Labute approximate surface area is 165 Å². The van der Waals surface area contributed by atoms with E-state index in [-0.39, 0.29) is 18.5 Å². The smallest absolute Gasteiger partial charge is 0.266 e. The number of benzene rings is 1. The summed E-state index contributed by atoms with van der Waals surface area (Å²) >= 11 is 7.51. The van der Waals surface area contributed by atoms with Gasteiger partial charge in [0, 0.05) is 35.4 Å². The molecule has 0 atom stereocenters. The van der Waals surface area contributed by atoms with Crippen molar-refractivity contribution in [1.29, 1.82) is 0 Å². The summed E-state index contributed by atoms with van der Waals surface area (Å²) < 4.78 is 15.9. The summed E-state index contributed by atoms with van der Waals surface area (Å²) in [5.74, 6) is -0.514. The quantitative estimate of drug-likeness (QED) is 0.631. The van der Waals surface area contributed by atoms with Crippen molar-refractivity contribution in [3.8, 4) is 10.6 Å². The van der Waals surface area contributed by atoms with Gasteiger partial charge in [-0.3, -0.25) is 9.48 Å². The molecule has 0 N–H and O–H groups in total. The number of carbonyl (C=O) groups is 1. The van der Waals surface area contributed by atoms with Crippen molar-refractivity contribution in [1.82, 2.24) is 19.7 Å². The number of rotatable bonds is 5. The molecule has 4 rings (SSSR count). The van der Waals surface area contributed by atoms with E-state index in [1.807, 2.05) is 20.2 Å². The third-order valence-corrected chi connectivity index (χ3v) is 6.13. The third kappa shape index (κ3) is 3.61. The van der Waals surface area contributed by atoms with Crippen molar-refractivity contribution in [2.24, 2.45) is 7.05 Å². The number of thiazole rings is 1. The lowest BCUT2D eigenvalue weighted by Crippen LogP contribution is -2.33. The monoisotopic (exact) mass is 404 g/mol. The Morgan fingerprint density at radius 3 is 2.85 bits per heavy atom. The maximum absolute atomic E-state index is 14.2. The first-order chi connectivity index (χ1) is 12.9. The van der Waals surface area contributed by atoms with E-state index in [0.717, 1.165) is 23.4 Å². The van der Waals surface area contributed by atoms with Gasteiger partial charge in [0.2, 0.25) is 0 Å². The Morgan fingerprint density at radius 2 is 2.22 bits per heavy atom. The topological polar surface area (TPSA) is 51.0 Å². The van der Waals surface area contributed by atoms with Crippen molar-refractivity contribution in [2.45, 2.75) is 32.4 Å². The standard InChI is InChI=1S/C19H18ClFN4OS/c1-11-17(27-18(23-11)12-8-22-24(2)9-12)19(26)25(13-6-7-13)10-14-15(20)4-3-5-16(14)21/h3-5,8-9,13H,6-7,10H2,1-2H3. The first-order valence-electron chi connectivity index (χ1n) is 8.64. The van der Waals surface area contributed by atoms with E-state index in [1.54, 1.807) is 27.9 Å². The molecular weight excluding hydrogens is 387 g/mol. The van der Waals surface area contributed by atoms with Gasteiger partial charge in [0.25, 0.3) is 5.91 Å². The zero-order valence-corrected chi connectivity index (χ0v) is 16.5. The second-order valence-electron chi connectivity index (χ2n) is 6.70. The molecule has 3 aromatic rings. The highest BCUT2D eigenvalue weighted by Crippen LogP contribution is 2.35. The zero-order valence-electron chi connectivity index (χ0n) is 14.9. The van der Waals surface area contributed by atoms with Crippen molar-refractivity contribution in [2.75, 3.05) is 0 Å². The zero-order chi connectivity index (χ0) is 19.1. The molecule has 1 aromatic carbocycles. The fraction of sp³-hybridized carbons (Fsp3) is 0.316. The molecule has 5 nitrogen and oxygen atoms in total. The third-order valence-electron chi connectivity index (χ3n) is 4.58. The molecule has 1 amide bonds. The normalized spacial score (nSPS) is 13.8. The maximum Gasteiger partial charge on any atom is 0.266 e. The molecule has 140 valence electrons. The van der Waals surface area contributed by atoms with Gasteiger partial charge in [0.1, 0.15) is 15.7 Å². The molecule has 0 spiro atoms. The number of nitrogens with zero attached hydrogens (tertiary/aromatic N) is 4. The number of halogens is 2. The van der Waals surface area contributed by atoms with Crippen LogP contribution in [-0.4, -0.2) is 31.6 Å². The number of aromatic nitrogens is 3. The largest absolute Gasteiger partial charge is 0.330 e. The van der Waals surface area contributed by atoms with Crippen molar-refractivity contribution in [3.05, 3.63) is 57.6 Å². The van der Waals surface area contributed by atoms with Crippen LogP contribution in [0, 0.1) is 12.7 Å². The summed E-state index contributed by atoms with van der Waals surface area (Å²) in [6.45, 7) is 1.99. The second-order valence-corrected chi connectivity index (χ2v) is 8.11. The van der Waals surface area contributed by atoms with E-state index in [0.29, 0.717) is 21.2 Å². The molecule has 2 heterocycles. The van der Waals surface area contributed by atoms with E-state index in [1.165, 1.54) is 17.4 Å². The lowest BCUT2D eigenvalue weighted by Gasteiger charge is -2.23. The molecule has 8 heteroatoms. The molecule has 0 radical (unpaired) electrons. The van der Waals surface area contributed by atoms with Crippen LogP contribution in [0.2, 0.25) is 5.02 Å². The van der Waals surface area contributed by atoms with Crippen LogP contribution in [0.15, 0.2) is 30.6 Å². The summed E-state index contributed by atoms with van der Waals surface area (Å²) in [4.78, 5) is 20.1. The summed E-state index contributed by atoms with van der Waals surface area (Å²) in [5, 5.41) is 5.25. The van der Waals surface area contributed by atoms with Crippen LogP contribution in [0.4, 0.5) is 4.39 Å². The Kier molecular flexibility index (Phi) is 4.74. The Balaban J connectivity index is 1.64. The summed E-state index contributed by atoms with van der Waals surface area (Å²) in [7, 11) is 1.84. The Hall–Kier alpha value is -2.25. The highest BCUT2D eigenvalue weighted by atomic mass is 35.5. The van der Waals surface area contributed by atoms with Gasteiger partial charge in [0.05, 0.1) is 18.4 Å². The fourth-order valence-electron chi connectivity index (χ4n) is 2.99. The van der Waals surface area contributed by atoms with E-state index >= 15 is 0 Å². The van der Waals surface area contributed by atoms with Gasteiger partial charge in [-0.2, -0.15) is 5.10 Å². The lowest BCUT2D eigenvalue weighted by atomic mass is 10.2. The van der Waals surface area contributed by atoms with Gasteiger partial charge in [-0.05, 0) is 31.9 Å². The molecule has 1 saturated carbocycles. The van der Waals surface area contributed by atoms with Gasteiger partial charge in [-0.15, -0.1) is 11.3 Å². The average molecular weight is 405 g/mol. The summed E-state index contributed by atoms with van der Waals surface area (Å²) in [5.41, 5.74) is 1.91. The molecule has 0 saturated heterocycles.